The SMILES string of the molecule is CCOP(=O)(OCCc1ccc(C(=O)CC)cc1)OCN1CCOCC1. The number of nitrogens with zero attached hydrogens (tertiary/aromatic N) is 1. The van der Waals surface area contributed by atoms with E-state index in [-0.39, 0.29) is 25.7 Å². The first-order valence-electron chi connectivity index (χ1n) is 9.02. The molecule has 0 aliphatic carbocycles. The van der Waals surface area contributed by atoms with Gasteiger partial charge in [-0.2, -0.15) is 0 Å². The number of carbonyl (C=O) groups excluding carboxylic acids is 1. The summed E-state index contributed by atoms with van der Waals surface area (Å²) in [7, 11) is -3.59. The molecule has 8 heteroatoms. The molecule has 1 aromatic rings. The summed E-state index contributed by atoms with van der Waals surface area (Å²) in [6.07, 6.45) is 1.04. The van der Waals surface area contributed by atoms with Crippen LogP contribution in [0.25, 0.3) is 0 Å². The predicted octanol–water partition coefficient (Wildman–Crippen LogP) is 3.29. The number of phosphoric ester groups is 1. The molecule has 0 bridgehead atoms. The van der Waals surface area contributed by atoms with E-state index in [1.807, 2.05) is 24.0 Å². The number of hydrogen-bond acceptors (Lipinski definition) is 7. The number of ether oxygens (including phenoxy) is 1. The Morgan fingerprint density at radius 3 is 2.42 bits per heavy atom. The number of Topliss-reactive ketones (excluding diaryl/α,β-unsaturated/α-hetero) is 1. The van der Waals surface area contributed by atoms with E-state index in [1.165, 1.54) is 0 Å². The number of benzene rings is 1. The molecule has 0 amide bonds. The molecule has 1 atom stereocenters. The molecule has 146 valence electrons. The van der Waals surface area contributed by atoms with Crippen molar-refractivity contribution in [3.8, 4) is 0 Å². The lowest BCUT2D eigenvalue weighted by molar-refractivity contribution is -0.00961. The molecule has 0 aromatic heterocycles. The Kier molecular flexibility index (Phi) is 8.91. The fraction of sp³-hybridized carbons (Fsp3) is 0.611. The highest BCUT2D eigenvalue weighted by Crippen LogP contribution is 2.49. The van der Waals surface area contributed by atoms with Gasteiger partial charge in [0.1, 0.15) is 6.73 Å². The number of ketones is 1. The lowest BCUT2D eigenvalue weighted by Gasteiger charge is -2.27. The van der Waals surface area contributed by atoms with E-state index in [0.29, 0.717) is 31.6 Å². The van der Waals surface area contributed by atoms with Gasteiger partial charge < -0.3 is 4.74 Å². The van der Waals surface area contributed by atoms with Gasteiger partial charge in [0.15, 0.2) is 5.78 Å². The average molecular weight is 385 g/mol. The van der Waals surface area contributed by atoms with Gasteiger partial charge in [0.25, 0.3) is 0 Å². The minimum absolute atomic E-state index is 0.116. The van der Waals surface area contributed by atoms with Gasteiger partial charge in [0, 0.05) is 25.1 Å². The van der Waals surface area contributed by atoms with Crippen molar-refractivity contribution in [3.05, 3.63) is 35.4 Å². The van der Waals surface area contributed by atoms with E-state index in [4.69, 9.17) is 18.3 Å². The Morgan fingerprint density at radius 2 is 1.81 bits per heavy atom. The smallest absolute Gasteiger partial charge is 0.379 e. The van der Waals surface area contributed by atoms with Crippen LogP contribution in [-0.2, 0) is 29.3 Å². The molecule has 26 heavy (non-hydrogen) atoms. The fourth-order valence-electron chi connectivity index (χ4n) is 2.49. The van der Waals surface area contributed by atoms with Crippen LogP contribution in [0.2, 0.25) is 0 Å². The molecule has 1 aromatic carbocycles. The molecular formula is C18H28NO6P. The van der Waals surface area contributed by atoms with Gasteiger partial charge >= 0.3 is 7.82 Å². The predicted molar refractivity (Wildman–Crippen MR) is 98.3 cm³/mol. The van der Waals surface area contributed by atoms with Gasteiger partial charge in [-0.1, -0.05) is 31.2 Å². The second-order valence-corrected chi connectivity index (χ2v) is 7.58. The van der Waals surface area contributed by atoms with Crippen molar-refractivity contribution in [3.63, 3.8) is 0 Å². The maximum atomic E-state index is 12.7. The van der Waals surface area contributed by atoms with Crippen LogP contribution in [0.5, 0.6) is 0 Å². The van der Waals surface area contributed by atoms with Crippen molar-refractivity contribution < 1.29 is 27.7 Å². The van der Waals surface area contributed by atoms with Crippen LogP contribution in [0.4, 0.5) is 0 Å². The second-order valence-electron chi connectivity index (χ2n) is 5.91. The Balaban J connectivity index is 1.81. The first-order valence-corrected chi connectivity index (χ1v) is 10.5. The molecule has 1 heterocycles. The van der Waals surface area contributed by atoms with Crippen LogP contribution in [0.15, 0.2) is 24.3 Å². The van der Waals surface area contributed by atoms with Gasteiger partial charge in [-0.05, 0) is 18.9 Å². The van der Waals surface area contributed by atoms with E-state index >= 15 is 0 Å². The van der Waals surface area contributed by atoms with Gasteiger partial charge in [0.05, 0.1) is 26.4 Å². The van der Waals surface area contributed by atoms with Gasteiger partial charge in [-0.25, -0.2) is 4.57 Å². The van der Waals surface area contributed by atoms with Gasteiger partial charge in [0.2, 0.25) is 0 Å². The quantitative estimate of drug-likeness (QED) is 0.427. The third kappa shape index (κ3) is 6.91. The van der Waals surface area contributed by atoms with Crippen LogP contribution >= 0.6 is 7.82 Å². The molecule has 7 nitrogen and oxygen atoms in total. The molecule has 1 aliphatic heterocycles. The van der Waals surface area contributed by atoms with Crippen molar-refractivity contribution in [1.82, 2.24) is 4.90 Å². The average Bonchev–Trinajstić information content (AvgIpc) is 2.67. The van der Waals surface area contributed by atoms with Crippen LogP contribution in [0.1, 0.15) is 36.2 Å². The summed E-state index contributed by atoms with van der Waals surface area (Å²) in [5.41, 5.74) is 1.69. The van der Waals surface area contributed by atoms with Crippen molar-refractivity contribution in [2.45, 2.75) is 26.7 Å². The minimum Gasteiger partial charge on any atom is -0.379 e. The number of morpholine rings is 1. The number of rotatable bonds is 11. The third-order valence-electron chi connectivity index (χ3n) is 4.03. The lowest BCUT2D eigenvalue weighted by Crippen LogP contribution is -2.37. The molecule has 2 rings (SSSR count). The van der Waals surface area contributed by atoms with Crippen molar-refractivity contribution in [2.24, 2.45) is 0 Å². The van der Waals surface area contributed by atoms with E-state index < -0.39 is 7.82 Å². The molecule has 0 radical (unpaired) electrons. The number of phosphoric acid groups is 1. The summed E-state index contributed by atoms with van der Waals surface area (Å²) >= 11 is 0. The molecule has 1 saturated heterocycles. The molecule has 0 saturated carbocycles. The summed E-state index contributed by atoms with van der Waals surface area (Å²) in [4.78, 5) is 13.6. The van der Waals surface area contributed by atoms with Crippen LogP contribution in [-0.4, -0.2) is 56.9 Å². The number of carbonyl (C=O) groups is 1. The first kappa shape index (κ1) is 21.2. The first-order chi connectivity index (χ1) is 12.6. The van der Waals surface area contributed by atoms with Crippen molar-refractivity contribution in [2.75, 3.05) is 46.2 Å². The summed E-state index contributed by atoms with van der Waals surface area (Å²) in [5.74, 6) is 0.116. The minimum atomic E-state index is -3.59. The van der Waals surface area contributed by atoms with Crippen LogP contribution < -0.4 is 0 Å². The van der Waals surface area contributed by atoms with E-state index in [0.717, 1.165) is 18.7 Å². The molecule has 1 aliphatic rings. The maximum Gasteiger partial charge on any atom is 0.476 e. The van der Waals surface area contributed by atoms with E-state index in [9.17, 15) is 9.36 Å². The summed E-state index contributed by atoms with van der Waals surface area (Å²) < 4.78 is 34.1. The normalized spacial score (nSPS) is 17.8. The monoisotopic (exact) mass is 385 g/mol. The third-order valence-corrected chi connectivity index (χ3v) is 5.53. The zero-order valence-electron chi connectivity index (χ0n) is 15.5. The zero-order valence-corrected chi connectivity index (χ0v) is 16.4. The maximum absolute atomic E-state index is 12.7. The molecule has 0 N–H and O–H groups in total. The Hall–Kier alpha value is -1.08. The molecule has 1 fully saturated rings. The standard InChI is InChI=1S/C18H28NO6P/c1-3-18(20)17-7-5-16(6-8-17)9-12-24-26(21,23-4-2)25-15-19-10-13-22-14-11-19/h5-8H,3-4,9-15H2,1-2H3. The van der Waals surface area contributed by atoms with Crippen molar-refractivity contribution in [1.29, 1.82) is 0 Å². The van der Waals surface area contributed by atoms with Gasteiger partial charge in [-0.3, -0.25) is 23.3 Å². The summed E-state index contributed by atoms with van der Waals surface area (Å²) in [5, 5.41) is 0. The fourth-order valence-corrected chi connectivity index (χ4v) is 3.65. The topological polar surface area (TPSA) is 74.3 Å². The Labute approximate surface area is 155 Å². The van der Waals surface area contributed by atoms with Crippen molar-refractivity contribution >= 4 is 13.6 Å². The molecular weight excluding hydrogens is 357 g/mol. The highest BCUT2D eigenvalue weighted by molar-refractivity contribution is 7.48. The van der Waals surface area contributed by atoms with Gasteiger partial charge in [-0.15, -0.1) is 0 Å². The second kappa shape index (κ2) is 10.9. The van der Waals surface area contributed by atoms with Crippen LogP contribution in [0, 0.1) is 0 Å². The molecule has 1 unspecified atom stereocenters. The summed E-state index contributed by atoms with van der Waals surface area (Å²) in [6, 6.07) is 7.37. The van der Waals surface area contributed by atoms with E-state index in [1.54, 1.807) is 19.1 Å². The largest absolute Gasteiger partial charge is 0.476 e. The van der Waals surface area contributed by atoms with E-state index in [2.05, 4.69) is 0 Å². The van der Waals surface area contributed by atoms with Crippen LogP contribution in [0.3, 0.4) is 0 Å². The highest BCUT2D eigenvalue weighted by atomic mass is 31.2. The Morgan fingerprint density at radius 1 is 1.12 bits per heavy atom. The lowest BCUT2D eigenvalue weighted by atomic mass is 10.1. The highest BCUT2D eigenvalue weighted by Gasteiger charge is 2.27. The zero-order chi connectivity index (χ0) is 18.8. The number of hydrogen-bond donors (Lipinski definition) is 0. The summed E-state index contributed by atoms with van der Waals surface area (Å²) in [6.45, 7) is 6.97. The molecule has 0 spiro atoms. The Bertz CT molecular complexity index is 600.